The van der Waals surface area contributed by atoms with Gasteiger partial charge in [-0.3, -0.25) is 4.79 Å². The first kappa shape index (κ1) is 7.86. The summed E-state index contributed by atoms with van der Waals surface area (Å²) in [4.78, 5) is 10.9. The lowest BCUT2D eigenvalue weighted by molar-refractivity contribution is -0.121. The molecule has 2 nitrogen and oxygen atoms in total. The molecule has 0 aliphatic carbocycles. The van der Waals surface area contributed by atoms with Crippen molar-refractivity contribution in [1.29, 1.82) is 0 Å². The lowest BCUT2D eigenvalue weighted by atomic mass is 10.1. The van der Waals surface area contributed by atoms with Crippen LogP contribution in [0.3, 0.4) is 0 Å². The number of carbonyl (C=O) groups is 1. The van der Waals surface area contributed by atoms with E-state index < -0.39 is 0 Å². The minimum atomic E-state index is 0.156. The number of nitrogens with one attached hydrogen (secondary N) is 1. The molecule has 0 spiro atoms. The van der Waals surface area contributed by atoms with Gasteiger partial charge in [-0.25, -0.2) is 0 Å². The first-order chi connectivity index (χ1) is 4.83. The molecular weight excluding hydrogens is 150 g/mol. The highest BCUT2D eigenvalue weighted by molar-refractivity contribution is 6.18. The Morgan fingerprint density at radius 2 is 2.40 bits per heavy atom. The molecule has 10 heavy (non-hydrogen) atoms. The van der Waals surface area contributed by atoms with Gasteiger partial charge in [-0.05, 0) is 12.8 Å². The Hall–Kier alpha value is -0.240. The van der Waals surface area contributed by atoms with Gasteiger partial charge >= 0.3 is 0 Å². The smallest absolute Gasteiger partial charge is 0.220 e. The summed E-state index contributed by atoms with van der Waals surface area (Å²) in [5, 5.41) is 2.86. The first-order valence-electron chi connectivity index (χ1n) is 3.68. The van der Waals surface area contributed by atoms with Crippen molar-refractivity contribution in [2.75, 3.05) is 5.88 Å². The van der Waals surface area contributed by atoms with Crippen LogP contribution in [-0.2, 0) is 4.79 Å². The second-order valence-electron chi connectivity index (χ2n) is 2.66. The first-order valence-corrected chi connectivity index (χ1v) is 4.21. The van der Waals surface area contributed by atoms with E-state index in [1.165, 1.54) is 0 Å². The summed E-state index contributed by atoms with van der Waals surface area (Å²) >= 11 is 5.60. The molecule has 1 amide bonds. The van der Waals surface area contributed by atoms with Crippen LogP contribution >= 0.6 is 11.6 Å². The molecule has 1 rings (SSSR count). The Labute approximate surface area is 65.9 Å². The highest BCUT2D eigenvalue weighted by Gasteiger charge is 2.14. The maximum atomic E-state index is 10.9. The molecule has 0 saturated carbocycles. The summed E-state index contributed by atoms with van der Waals surface area (Å²) in [6.07, 6.45) is 3.85. The maximum absolute atomic E-state index is 10.9. The number of hydrogen-bond acceptors (Lipinski definition) is 1. The van der Waals surface area contributed by atoms with Gasteiger partial charge in [-0.15, -0.1) is 11.6 Å². The second kappa shape index (κ2) is 3.81. The van der Waals surface area contributed by atoms with E-state index in [4.69, 9.17) is 11.6 Å². The lowest BCUT2D eigenvalue weighted by Gasteiger charge is -2.10. The predicted molar refractivity (Wildman–Crippen MR) is 41.1 cm³/mol. The molecule has 0 aromatic heterocycles. The molecule has 1 atom stereocenters. The Bertz CT molecular complexity index is 127. The zero-order chi connectivity index (χ0) is 7.40. The second-order valence-corrected chi connectivity index (χ2v) is 2.97. The molecule has 0 radical (unpaired) electrons. The highest BCUT2D eigenvalue weighted by atomic mass is 35.5. The Balaban J connectivity index is 2.38. The standard InChI is InChI=1S/C7H12ClNO/c8-5-6-3-1-2-4-7(10)9-6/h6H,1-5H2,(H,9,10). The Morgan fingerprint density at radius 3 is 3.10 bits per heavy atom. The SMILES string of the molecule is O=C1CCCCC(CCl)N1. The van der Waals surface area contributed by atoms with Gasteiger partial charge < -0.3 is 5.32 Å². The molecule has 58 valence electrons. The van der Waals surface area contributed by atoms with Gasteiger partial charge in [0.1, 0.15) is 0 Å². The monoisotopic (exact) mass is 161 g/mol. The van der Waals surface area contributed by atoms with Crippen LogP contribution in [0, 0.1) is 0 Å². The molecule has 0 aromatic rings. The Kier molecular flexibility index (Phi) is 3.00. The topological polar surface area (TPSA) is 29.1 Å². The molecule has 1 fully saturated rings. The third kappa shape index (κ3) is 2.18. The van der Waals surface area contributed by atoms with Crippen molar-refractivity contribution in [3.05, 3.63) is 0 Å². The van der Waals surface area contributed by atoms with E-state index in [9.17, 15) is 4.79 Å². The van der Waals surface area contributed by atoms with Crippen LogP contribution in [0.1, 0.15) is 25.7 Å². The number of carbonyl (C=O) groups excluding carboxylic acids is 1. The van der Waals surface area contributed by atoms with Crippen molar-refractivity contribution in [2.24, 2.45) is 0 Å². The minimum Gasteiger partial charge on any atom is -0.352 e. The van der Waals surface area contributed by atoms with E-state index >= 15 is 0 Å². The zero-order valence-electron chi connectivity index (χ0n) is 5.90. The summed E-state index contributed by atoms with van der Waals surface area (Å²) in [6.45, 7) is 0. The molecule has 1 unspecified atom stereocenters. The molecule has 0 bridgehead atoms. The molecule has 3 heteroatoms. The van der Waals surface area contributed by atoms with Crippen LogP contribution in [0.5, 0.6) is 0 Å². The van der Waals surface area contributed by atoms with Gasteiger partial charge in [0.2, 0.25) is 5.91 Å². The van der Waals surface area contributed by atoms with Crippen molar-refractivity contribution in [2.45, 2.75) is 31.7 Å². The van der Waals surface area contributed by atoms with Crippen molar-refractivity contribution >= 4 is 17.5 Å². The van der Waals surface area contributed by atoms with Crippen LogP contribution in [0.2, 0.25) is 0 Å². The van der Waals surface area contributed by atoms with Gasteiger partial charge in [-0.1, -0.05) is 6.42 Å². The molecule has 1 N–H and O–H groups in total. The molecule has 1 aliphatic rings. The third-order valence-electron chi connectivity index (χ3n) is 1.76. The zero-order valence-corrected chi connectivity index (χ0v) is 6.66. The van der Waals surface area contributed by atoms with Gasteiger partial charge in [0.15, 0.2) is 0 Å². The summed E-state index contributed by atoms with van der Waals surface area (Å²) in [6, 6.07) is 0.219. The van der Waals surface area contributed by atoms with E-state index in [2.05, 4.69) is 5.32 Å². The molecule has 1 heterocycles. The van der Waals surface area contributed by atoms with Crippen molar-refractivity contribution in [1.82, 2.24) is 5.32 Å². The van der Waals surface area contributed by atoms with E-state index in [-0.39, 0.29) is 11.9 Å². The minimum absolute atomic E-state index is 0.156. The largest absolute Gasteiger partial charge is 0.352 e. The number of alkyl halides is 1. The summed E-state index contributed by atoms with van der Waals surface area (Å²) < 4.78 is 0. The summed E-state index contributed by atoms with van der Waals surface area (Å²) in [5.74, 6) is 0.703. The van der Waals surface area contributed by atoms with Crippen LogP contribution in [0.15, 0.2) is 0 Å². The van der Waals surface area contributed by atoms with Crippen LogP contribution in [0.25, 0.3) is 0 Å². The Morgan fingerprint density at radius 1 is 1.60 bits per heavy atom. The maximum Gasteiger partial charge on any atom is 0.220 e. The molecular formula is C7H12ClNO. The van der Waals surface area contributed by atoms with Gasteiger partial charge in [-0.2, -0.15) is 0 Å². The normalized spacial score (nSPS) is 27.3. The lowest BCUT2D eigenvalue weighted by Crippen LogP contribution is -2.33. The van der Waals surface area contributed by atoms with Crippen molar-refractivity contribution in [3.63, 3.8) is 0 Å². The number of hydrogen-bond donors (Lipinski definition) is 1. The van der Waals surface area contributed by atoms with Crippen LogP contribution in [-0.4, -0.2) is 17.8 Å². The fraction of sp³-hybridized carbons (Fsp3) is 0.857. The summed E-state index contributed by atoms with van der Waals surface area (Å²) in [7, 11) is 0. The highest BCUT2D eigenvalue weighted by Crippen LogP contribution is 2.09. The van der Waals surface area contributed by atoms with E-state index in [1.807, 2.05) is 0 Å². The van der Waals surface area contributed by atoms with E-state index in [0.717, 1.165) is 19.3 Å². The summed E-state index contributed by atoms with van der Waals surface area (Å²) in [5.41, 5.74) is 0. The fourth-order valence-corrected chi connectivity index (χ4v) is 1.40. The molecule has 1 aliphatic heterocycles. The van der Waals surface area contributed by atoms with Crippen LogP contribution in [0.4, 0.5) is 0 Å². The number of halogens is 1. The van der Waals surface area contributed by atoms with Gasteiger partial charge in [0, 0.05) is 18.3 Å². The number of amides is 1. The van der Waals surface area contributed by atoms with E-state index in [1.54, 1.807) is 0 Å². The van der Waals surface area contributed by atoms with Gasteiger partial charge in [0.05, 0.1) is 0 Å². The van der Waals surface area contributed by atoms with E-state index in [0.29, 0.717) is 12.3 Å². The quantitative estimate of drug-likeness (QED) is 0.577. The van der Waals surface area contributed by atoms with Crippen LogP contribution < -0.4 is 5.32 Å². The van der Waals surface area contributed by atoms with Gasteiger partial charge in [0.25, 0.3) is 0 Å². The predicted octanol–water partition coefficient (Wildman–Crippen LogP) is 1.28. The van der Waals surface area contributed by atoms with Crippen molar-refractivity contribution in [3.8, 4) is 0 Å². The van der Waals surface area contributed by atoms with Crippen molar-refractivity contribution < 1.29 is 4.79 Å². The fourth-order valence-electron chi connectivity index (χ4n) is 1.16. The average Bonchev–Trinajstić information content (AvgIpc) is 2.13. The average molecular weight is 162 g/mol. The third-order valence-corrected chi connectivity index (χ3v) is 2.13. The number of rotatable bonds is 1. The molecule has 0 aromatic carbocycles. The molecule has 1 saturated heterocycles.